The van der Waals surface area contributed by atoms with E-state index in [-0.39, 0.29) is 0 Å². The number of rotatable bonds is 8. The highest BCUT2D eigenvalue weighted by molar-refractivity contribution is 4.86. The van der Waals surface area contributed by atoms with E-state index in [0.717, 1.165) is 19.0 Å². The highest BCUT2D eigenvalue weighted by Crippen LogP contribution is 2.18. The molecule has 0 unspecified atom stereocenters. The summed E-state index contributed by atoms with van der Waals surface area (Å²) in [7, 11) is 0. The van der Waals surface area contributed by atoms with Crippen molar-refractivity contribution < 1.29 is 0 Å². The summed E-state index contributed by atoms with van der Waals surface area (Å²) in [4.78, 5) is 0. The van der Waals surface area contributed by atoms with E-state index >= 15 is 0 Å². The smallest absolute Gasteiger partial charge is 0.00683 e. The van der Waals surface area contributed by atoms with E-state index in [0.29, 0.717) is 0 Å². The van der Waals surface area contributed by atoms with Crippen LogP contribution in [0.25, 0.3) is 0 Å². The first kappa shape index (κ1) is 10.5. The van der Waals surface area contributed by atoms with Crippen LogP contribution in [0.1, 0.15) is 38.5 Å². The molecule has 13 heavy (non-hydrogen) atoms. The van der Waals surface area contributed by atoms with Gasteiger partial charge in [-0.2, -0.15) is 0 Å². The Morgan fingerprint density at radius 2 is 1.92 bits per heavy atom. The van der Waals surface area contributed by atoms with Crippen molar-refractivity contribution >= 4 is 0 Å². The average molecular weight is 179 g/mol. The van der Waals surface area contributed by atoms with Gasteiger partial charge in [-0.25, -0.2) is 0 Å². The minimum atomic E-state index is 0.856. The van der Waals surface area contributed by atoms with E-state index in [1.165, 1.54) is 32.1 Å². The fraction of sp³-hybridized carbons (Fsp3) is 0.667. The van der Waals surface area contributed by atoms with Crippen LogP contribution in [0.15, 0.2) is 24.8 Å². The molecule has 0 saturated heterocycles. The Morgan fingerprint density at radius 1 is 1.15 bits per heavy atom. The van der Waals surface area contributed by atoms with Crippen LogP contribution in [-0.2, 0) is 0 Å². The van der Waals surface area contributed by atoms with Crippen molar-refractivity contribution in [1.29, 1.82) is 0 Å². The number of nitrogens with one attached hydrogen (secondary N) is 1. The molecule has 0 aromatic heterocycles. The third kappa shape index (κ3) is 6.59. The molecule has 1 fully saturated rings. The molecule has 1 N–H and O–H groups in total. The molecule has 1 saturated carbocycles. The fourth-order valence-corrected chi connectivity index (χ4v) is 1.27. The molecule has 0 heterocycles. The second kappa shape index (κ2) is 6.90. The Labute approximate surface area is 81.9 Å². The van der Waals surface area contributed by atoms with Crippen LogP contribution in [0, 0.1) is 0 Å². The van der Waals surface area contributed by atoms with Gasteiger partial charge in [-0.05, 0) is 45.1 Å². The quantitative estimate of drug-likeness (QED) is 0.446. The molecule has 0 aromatic carbocycles. The van der Waals surface area contributed by atoms with Crippen molar-refractivity contribution in [1.82, 2.24) is 5.32 Å². The maximum Gasteiger partial charge on any atom is 0.00683 e. The Morgan fingerprint density at radius 3 is 2.62 bits per heavy atom. The van der Waals surface area contributed by atoms with Crippen molar-refractivity contribution in [2.45, 2.75) is 44.6 Å². The van der Waals surface area contributed by atoms with Crippen molar-refractivity contribution in [2.75, 3.05) is 6.54 Å². The van der Waals surface area contributed by atoms with Crippen molar-refractivity contribution in [3.63, 3.8) is 0 Å². The van der Waals surface area contributed by atoms with Crippen molar-refractivity contribution in [3.05, 3.63) is 24.8 Å². The molecule has 1 aliphatic carbocycles. The van der Waals surface area contributed by atoms with Crippen LogP contribution in [-0.4, -0.2) is 12.6 Å². The first-order chi connectivity index (χ1) is 6.43. The van der Waals surface area contributed by atoms with Crippen LogP contribution < -0.4 is 5.32 Å². The van der Waals surface area contributed by atoms with Gasteiger partial charge < -0.3 is 5.32 Å². The largest absolute Gasteiger partial charge is 0.314 e. The maximum atomic E-state index is 3.70. The van der Waals surface area contributed by atoms with Gasteiger partial charge in [0, 0.05) is 6.04 Å². The van der Waals surface area contributed by atoms with Gasteiger partial charge in [0.25, 0.3) is 0 Å². The second-order valence-electron chi connectivity index (χ2n) is 3.71. The topological polar surface area (TPSA) is 12.0 Å². The van der Waals surface area contributed by atoms with E-state index in [9.17, 15) is 0 Å². The summed E-state index contributed by atoms with van der Waals surface area (Å²) in [6.07, 6.45) is 14.1. The summed E-state index contributed by atoms with van der Waals surface area (Å²) in [5.41, 5.74) is 0. The normalized spacial score (nSPS) is 16.6. The number of allylic oxidation sites excluding steroid dienone is 2. The first-order valence-corrected chi connectivity index (χ1v) is 5.43. The van der Waals surface area contributed by atoms with Crippen molar-refractivity contribution in [3.8, 4) is 0 Å². The Hall–Kier alpha value is -0.560. The average Bonchev–Trinajstić information content (AvgIpc) is 2.93. The lowest BCUT2D eigenvalue weighted by molar-refractivity contribution is 0.689. The molecule has 0 aliphatic heterocycles. The first-order valence-electron chi connectivity index (χ1n) is 5.43. The van der Waals surface area contributed by atoms with Crippen LogP contribution >= 0.6 is 0 Å². The molecule has 0 amide bonds. The van der Waals surface area contributed by atoms with Gasteiger partial charge in [-0.15, -0.1) is 6.58 Å². The third-order valence-electron chi connectivity index (χ3n) is 2.27. The molecule has 0 bridgehead atoms. The molecule has 1 aliphatic rings. The van der Waals surface area contributed by atoms with Gasteiger partial charge in [-0.3, -0.25) is 0 Å². The zero-order valence-electron chi connectivity index (χ0n) is 8.47. The van der Waals surface area contributed by atoms with Crippen LogP contribution in [0.4, 0.5) is 0 Å². The SMILES string of the molecule is C=CCCCC=CCCNC1CC1. The Kier molecular flexibility index (Phi) is 5.59. The van der Waals surface area contributed by atoms with Crippen LogP contribution in [0.5, 0.6) is 0 Å². The zero-order chi connectivity index (χ0) is 9.36. The molecule has 0 spiro atoms. The summed E-state index contributed by atoms with van der Waals surface area (Å²) in [5, 5.41) is 3.49. The minimum Gasteiger partial charge on any atom is -0.314 e. The summed E-state index contributed by atoms with van der Waals surface area (Å²) in [5.74, 6) is 0. The Balaban J connectivity index is 1.77. The highest BCUT2D eigenvalue weighted by Gasteiger charge is 2.18. The molecule has 74 valence electrons. The van der Waals surface area contributed by atoms with E-state index in [1.54, 1.807) is 0 Å². The van der Waals surface area contributed by atoms with Gasteiger partial charge >= 0.3 is 0 Å². The predicted molar refractivity (Wildman–Crippen MR) is 58.8 cm³/mol. The van der Waals surface area contributed by atoms with E-state index in [4.69, 9.17) is 0 Å². The van der Waals surface area contributed by atoms with Gasteiger partial charge in [0.2, 0.25) is 0 Å². The number of hydrogen-bond donors (Lipinski definition) is 1. The van der Waals surface area contributed by atoms with E-state index in [2.05, 4.69) is 24.0 Å². The standard InChI is InChI=1S/C12H21N/c1-2-3-4-5-6-7-8-11-13-12-9-10-12/h2,6-7,12-13H,1,3-5,8-11H2. The van der Waals surface area contributed by atoms with Crippen LogP contribution in [0.2, 0.25) is 0 Å². The Bertz CT molecular complexity index is 157. The molecule has 1 nitrogen and oxygen atoms in total. The molecule has 1 heteroatoms. The zero-order valence-corrected chi connectivity index (χ0v) is 8.47. The molecular formula is C12H21N. The summed E-state index contributed by atoms with van der Waals surface area (Å²) < 4.78 is 0. The van der Waals surface area contributed by atoms with E-state index in [1.807, 2.05) is 6.08 Å². The summed E-state index contributed by atoms with van der Waals surface area (Å²) in [6, 6.07) is 0.856. The number of hydrogen-bond acceptors (Lipinski definition) is 1. The second-order valence-corrected chi connectivity index (χ2v) is 3.71. The van der Waals surface area contributed by atoms with Crippen LogP contribution in [0.3, 0.4) is 0 Å². The van der Waals surface area contributed by atoms with Gasteiger partial charge in [0.05, 0.1) is 0 Å². The molecule has 1 rings (SSSR count). The number of unbranched alkanes of at least 4 members (excludes halogenated alkanes) is 2. The van der Waals surface area contributed by atoms with Gasteiger partial charge in [0.15, 0.2) is 0 Å². The fourth-order valence-electron chi connectivity index (χ4n) is 1.27. The summed E-state index contributed by atoms with van der Waals surface area (Å²) >= 11 is 0. The lowest BCUT2D eigenvalue weighted by atomic mass is 10.2. The van der Waals surface area contributed by atoms with E-state index < -0.39 is 0 Å². The lowest BCUT2D eigenvalue weighted by Crippen LogP contribution is -2.16. The maximum absolute atomic E-state index is 3.70. The molecule has 0 atom stereocenters. The van der Waals surface area contributed by atoms with Gasteiger partial charge in [0.1, 0.15) is 0 Å². The molecule has 0 aromatic rings. The predicted octanol–water partition coefficient (Wildman–Crippen LogP) is 3.04. The monoisotopic (exact) mass is 179 g/mol. The molecular weight excluding hydrogens is 158 g/mol. The summed E-state index contributed by atoms with van der Waals surface area (Å²) in [6.45, 7) is 4.86. The highest BCUT2D eigenvalue weighted by atomic mass is 14.9. The minimum absolute atomic E-state index is 0.856. The molecule has 0 radical (unpaired) electrons. The lowest BCUT2D eigenvalue weighted by Gasteiger charge is -1.97. The third-order valence-corrected chi connectivity index (χ3v) is 2.27. The van der Waals surface area contributed by atoms with Gasteiger partial charge in [-0.1, -0.05) is 18.2 Å². The van der Waals surface area contributed by atoms with Crippen molar-refractivity contribution in [2.24, 2.45) is 0 Å².